The summed E-state index contributed by atoms with van der Waals surface area (Å²) in [7, 11) is 0.431. The highest BCUT2D eigenvalue weighted by Gasteiger charge is 2.10. The summed E-state index contributed by atoms with van der Waals surface area (Å²) in [6, 6.07) is 5.34. The van der Waals surface area contributed by atoms with Gasteiger partial charge in [-0.15, -0.1) is 0 Å². The number of nitrogens with zero attached hydrogens (tertiary/aromatic N) is 2. The molecule has 2 rings (SSSR count). The summed E-state index contributed by atoms with van der Waals surface area (Å²) in [6.45, 7) is 1.72. The normalized spacial score (nSPS) is 12.4. The molecule has 0 N–H and O–H groups in total. The molecule has 19 heavy (non-hydrogen) atoms. The molecule has 1 aromatic carbocycles. The molecule has 0 saturated carbocycles. The van der Waals surface area contributed by atoms with Gasteiger partial charge in [0.15, 0.2) is 5.82 Å². The van der Waals surface area contributed by atoms with Crippen molar-refractivity contribution in [3.05, 3.63) is 40.5 Å². The van der Waals surface area contributed by atoms with Crippen LogP contribution >= 0.6 is 11.6 Å². The lowest BCUT2D eigenvalue weighted by Crippen LogP contribution is -2.00. The molecule has 0 saturated heterocycles. The first-order chi connectivity index (χ1) is 9.08. The second kappa shape index (κ2) is 6.16. The number of halogens is 1. The fourth-order valence-electron chi connectivity index (χ4n) is 1.57. The SMILES string of the molecule is COc1ccc(CS(=O)Cc2nc(C)no2)cc1Cl. The van der Waals surface area contributed by atoms with Crippen LogP contribution in [0.2, 0.25) is 5.02 Å². The van der Waals surface area contributed by atoms with Gasteiger partial charge in [0.05, 0.1) is 12.1 Å². The van der Waals surface area contributed by atoms with Crippen molar-refractivity contribution in [2.75, 3.05) is 7.11 Å². The molecule has 1 atom stereocenters. The molecule has 7 heteroatoms. The maximum Gasteiger partial charge on any atom is 0.239 e. The van der Waals surface area contributed by atoms with Crippen LogP contribution in [0.5, 0.6) is 5.75 Å². The van der Waals surface area contributed by atoms with Crippen LogP contribution < -0.4 is 4.74 Å². The highest BCUT2D eigenvalue weighted by Crippen LogP contribution is 2.25. The van der Waals surface area contributed by atoms with Crippen LogP contribution in [0.4, 0.5) is 0 Å². The smallest absolute Gasteiger partial charge is 0.239 e. The number of aromatic nitrogens is 2. The number of hydrogen-bond acceptors (Lipinski definition) is 5. The van der Waals surface area contributed by atoms with Crippen LogP contribution in [0, 0.1) is 6.92 Å². The van der Waals surface area contributed by atoms with Gasteiger partial charge in [0.1, 0.15) is 11.5 Å². The Morgan fingerprint density at radius 1 is 1.42 bits per heavy atom. The summed E-state index contributed by atoms with van der Waals surface area (Å²) in [5.41, 5.74) is 0.875. The van der Waals surface area contributed by atoms with E-state index in [2.05, 4.69) is 10.1 Å². The number of ether oxygens (including phenoxy) is 1. The number of methoxy groups -OCH3 is 1. The van der Waals surface area contributed by atoms with Crippen molar-refractivity contribution < 1.29 is 13.5 Å². The Hall–Kier alpha value is -1.40. The third-order valence-corrected chi connectivity index (χ3v) is 3.92. The van der Waals surface area contributed by atoms with Crippen molar-refractivity contribution in [2.45, 2.75) is 18.4 Å². The minimum atomic E-state index is -1.12. The largest absolute Gasteiger partial charge is 0.495 e. The molecule has 0 aliphatic rings. The van der Waals surface area contributed by atoms with Crippen molar-refractivity contribution in [2.24, 2.45) is 0 Å². The summed E-state index contributed by atoms with van der Waals surface area (Å²) >= 11 is 6.01. The number of rotatable bonds is 5. The molecule has 0 spiro atoms. The van der Waals surface area contributed by atoms with Gasteiger partial charge < -0.3 is 9.26 Å². The van der Waals surface area contributed by atoms with Gasteiger partial charge in [-0.3, -0.25) is 4.21 Å². The molecule has 0 fully saturated rings. The molecule has 1 aromatic heterocycles. The summed E-state index contributed by atoms with van der Waals surface area (Å²) in [5.74, 6) is 2.15. The molecule has 0 amide bonds. The van der Waals surface area contributed by atoms with Gasteiger partial charge in [-0.2, -0.15) is 4.98 Å². The van der Waals surface area contributed by atoms with Crippen molar-refractivity contribution >= 4 is 22.4 Å². The third kappa shape index (κ3) is 3.78. The first kappa shape index (κ1) is 14.0. The summed E-state index contributed by atoms with van der Waals surface area (Å²) < 4.78 is 22.0. The van der Waals surface area contributed by atoms with Crippen LogP contribution in [0.1, 0.15) is 17.3 Å². The zero-order valence-corrected chi connectivity index (χ0v) is 12.1. The molecular weight excluding hydrogens is 288 g/mol. The molecule has 1 heterocycles. The van der Waals surface area contributed by atoms with Crippen LogP contribution in [0.15, 0.2) is 22.7 Å². The van der Waals surface area contributed by atoms with E-state index in [1.165, 1.54) is 0 Å². The molecule has 5 nitrogen and oxygen atoms in total. The Morgan fingerprint density at radius 3 is 2.79 bits per heavy atom. The number of aryl methyl sites for hydroxylation is 1. The molecule has 1 unspecified atom stereocenters. The minimum absolute atomic E-state index is 0.241. The summed E-state index contributed by atoms with van der Waals surface area (Å²) in [5, 5.41) is 4.16. The second-order valence-corrected chi connectivity index (χ2v) is 5.80. The molecule has 0 aliphatic heterocycles. The standard InChI is InChI=1S/C12H13ClN2O3S/c1-8-14-12(18-15-8)7-19(16)6-9-3-4-11(17-2)10(13)5-9/h3-5H,6-7H2,1-2H3. The van der Waals surface area contributed by atoms with E-state index in [0.717, 1.165) is 5.56 Å². The zero-order chi connectivity index (χ0) is 13.8. The lowest BCUT2D eigenvalue weighted by molar-refractivity contribution is 0.386. The van der Waals surface area contributed by atoms with E-state index in [9.17, 15) is 4.21 Å². The average molecular weight is 301 g/mol. The second-order valence-electron chi connectivity index (χ2n) is 3.93. The summed E-state index contributed by atoms with van der Waals surface area (Å²) in [6.07, 6.45) is 0. The Morgan fingerprint density at radius 2 is 2.21 bits per heavy atom. The van der Waals surface area contributed by atoms with Crippen molar-refractivity contribution in [1.82, 2.24) is 10.1 Å². The van der Waals surface area contributed by atoms with Gasteiger partial charge in [-0.1, -0.05) is 22.8 Å². The van der Waals surface area contributed by atoms with Gasteiger partial charge in [0.25, 0.3) is 0 Å². The van der Waals surface area contributed by atoms with E-state index in [1.807, 2.05) is 6.07 Å². The molecular formula is C12H13ClN2O3S. The van der Waals surface area contributed by atoms with Gasteiger partial charge in [-0.25, -0.2) is 0 Å². The maximum atomic E-state index is 12.0. The van der Waals surface area contributed by atoms with Crippen LogP contribution in [0.25, 0.3) is 0 Å². The van der Waals surface area contributed by atoms with Crippen molar-refractivity contribution in [1.29, 1.82) is 0 Å². The van der Waals surface area contributed by atoms with Gasteiger partial charge in [0, 0.05) is 16.6 Å². The molecule has 102 valence electrons. The number of hydrogen-bond donors (Lipinski definition) is 0. The Balaban J connectivity index is 2.00. The first-order valence-electron chi connectivity index (χ1n) is 5.55. The van der Waals surface area contributed by atoms with Crippen LogP contribution in [-0.4, -0.2) is 21.5 Å². The van der Waals surface area contributed by atoms with E-state index in [0.29, 0.717) is 28.2 Å². The highest BCUT2D eigenvalue weighted by atomic mass is 35.5. The molecule has 0 aliphatic carbocycles. The average Bonchev–Trinajstić information content (AvgIpc) is 2.74. The van der Waals surface area contributed by atoms with Crippen LogP contribution in [-0.2, 0) is 22.3 Å². The molecule has 0 radical (unpaired) electrons. The zero-order valence-electron chi connectivity index (χ0n) is 10.6. The van der Waals surface area contributed by atoms with E-state index in [-0.39, 0.29) is 5.75 Å². The topological polar surface area (TPSA) is 65.2 Å². The predicted octanol–water partition coefficient (Wildman–Crippen LogP) is 2.49. The van der Waals surface area contributed by atoms with E-state index < -0.39 is 10.8 Å². The quantitative estimate of drug-likeness (QED) is 0.849. The third-order valence-electron chi connectivity index (χ3n) is 2.40. The Labute approximate surface area is 118 Å². The monoisotopic (exact) mass is 300 g/mol. The van der Waals surface area contributed by atoms with Gasteiger partial charge in [-0.05, 0) is 24.6 Å². The first-order valence-corrected chi connectivity index (χ1v) is 7.41. The van der Waals surface area contributed by atoms with Crippen LogP contribution in [0.3, 0.4) is 0 Å². The predicted molar refractivity (Wildman–Crippen MR) is 72.6 cm³/mol. The van der Waals surface area contributed by atoms with Crippen molar-refractivity contribution in [3.63, 3.8) is 0 Å². The highest BCUT2D eigenvalue weighted by molar-refractivity contribution is 7.83. The maximum absolute atomic E-state index is 12.0. The molecule has 0 bridgehead atoms. The lowest BCUT2D eigenvalue weighted by Gasteiger charge is -2.05. The van der Waals surface area contributed by atoms with E-state index in [4.69, 9.17) is 20.9 Å². The Bertz CT molecular complexity index is 600. The van der Waals surface area contributed by atoms with Crippen molar-refractivity contribution in [3.8, 4) is 5.75 Å². The number of benzene rings is 1. The van der Waals surface area contributed by atoms with Gasteiger partial charge in [0.2, 0.25) is 5.89 Å². The van der Waals surface area contributed by atoms with E-state index >= 15 is 0 Å². The minimum Gasteiger partial charge on any atom is -0.495 e. The van der Waals surface area contributed by atoms with Gasteiger partial charge >= 0.3 is 0 Å². The fraction of sp³-hybridized carbons (Fsp3) is 0.333. The van der Waals surface area contributed by atoms with E-state index in [1.54, 1.807) is 26.2 Å². The molecule has 2 aromatic rings. The summed E-state index contributed by atoms with van der Waals surface area (Å²) in [4.78, 5) is 4.02. The fourth-order valence-corrected chi connectivity index (χ4v) is 2.90. The lowest BCUT2D eigenvalue weighted by atomic mass is 10.2. The Kier molecular flexibility index (Phi) is 4.55.